The summed E-state index contributed by atoms with van der Waals surface area (Å²) in [5, 5.41) is 13.2. The molecule has 2 heterocycles. The molecule has 25 heavy (non-hydrogen) atoms. The van der Waals surface area contributed by atoms with Crippen LogP contribution in [0.15, 0.2) is 30.3 Å². The van der Waals surface area contributed by atoms with E-state index in [-0.39, 0.29) is 12.1 Å². The van der Waals surface area contributed by atoms with Crippen molar-refractivity contribution in [2.24, 2.45) is 5.92 Å². The molecule has 2 aromatic rings. The molecule has 1 saturated heterocycles. The van der Waals surface area contributed by atoms with Gasteiger partial charge in [0.1, 0.15) is 0 Å². The van der Waals surface area contributed by atoms with Gasteiger partial charge < -0.3 is 10.6 Å². The number of likely N-dealkylation sites (tertiary alicyclic amines) is 1. The van der Waals surface area contributed by atoms with Gasteiger partial charge in [-0.25, -0.2) is 4.79 Å². The Bertz CT molecular complexity index is 692. The minimum atomic E-state index is -0.113. The van der Waals surface area contributed by atoms with Crippen molar-refractivity contribution >= 4 is 6.03 Å². The number of carbonyl (C=O) groups excluding carboxylic acids is 1. The van der Waals surface area contributed by atoms with Crippen molar-refractivity contribution in [2.45, 2.75) is 39.9 Å². The van der Waals surface area contributed by atoms with Crippen LogP contribution in [-0.2, 0) is 13.1 Å². The Hall–Kier alpha value is -2.34. The highest BCUT2D eigenvalue weighted by atomic mass is 16.2. The number of aryl methyl sites for hydroxylation is 2. The summed E-state index contributed by atoms with van der Waals surface area (Å²) < 4.78 is 0. The van der Waals surface area contributed by atoms with Gasteiger partial charge in [0.2, 0.25) is 0 Å². The van der Waals surface area contributed by atoms with Crippen molar-refractivity contribution in [2.75, 3.05) is 13.1 Å². The van der Waals surface area contributed by atoms with E-state index in [2.05, 4.69) is 56.9 Å². The minimum Gasteiger partial charge on any atom is -0.334 e. The molecule has 134 valence electrons. The number of rotatable bonds is 5. The normalized spacial score (nSPS) is 20.6. The van der Waals surface area contributed by atoms with Gasteiger partial charge in [-0.05, 0) is 25.3 Å². The monoisotopic (exact) mass is 341 g/mol. The molecule has 0 spiro atoms. The number of urea groups is 1. The molecule has 2 amide bonds. The molecule has 1 aromatic carbocycles. The fourth-order valence-electron chi connectivity index (χ4n) is 3.45. The number of aromatic nitrogens is 2. The molecule has 6 heteroatoms. The van der Waals surface area contributed by atoms with Crippen LogP contribution in [0.2, 0.25) is 0 Å². The Kier molecular flexibility index (Phi) is 5.38. The van der Waals surface area contributed by atoms with Crippen molar-refractivity contribution in [3.8, 4) is 0 Å². The van der Waals surface area contributed by atoms with Crippen LogP contribution in [0.4, 0.5) is 4.79 Å². The topological polar surface area (TPSA) is 73.0 Å². The second-order valence-corrected chi connectivity index (χ2v) is 7.00. The lowest BCUT2D eigenvalue weighted by atomic mass is 10.1. The third-order valence-corrected chi connectivity index (χ3v) is 4.96. The lowest BCUT2D eigenvalue weighted by Gasteiger charge is -2.18. The fourth-order valence-corrected chi connectivity index (χ4v) is 3.45. The maximum atomic E-state index is 12.3. The predicted octanol–water partition coefficient (Wildman–Crippen LogP) is 2.35. The average molecular weight is 341 g/mol. The van der Waals surface area contributed by atoms with Gasteiger partial charge in [-0.3, -0.25) is 10.00 Å². The maximum absolute atomic E-state index is 12.3. The molecule has 0 unspecified atom stereocenters. The van der Waals surface area contributed by atoms with E-state index in [0.29, 0.717) is 12.5 Å². The largest absolute Gasteiger partial charge is 0.334 e. The number of hydrogen-bond donors (Lipinski definition) is 3. The van der Waals surface area contributed by atoms with E-state index < -0.39 is 0 Å². The van der Waals surface area contributed by atoms with Gasteiger partial charge in [0.05, 0.1) is 5.69 Å². The number of nitrogens with one attached hydrogen (secondary N) is 3. The molecule has 0 aliphatic carbocycles. The number of nitrogens with zero attached hydrogens (tertiary/aromatic N) is 2. The summed E-state index contributed by atoms with van der Waals surface area (Å²) in [6.45, 7) is 9.41. The van der Waals surface area contributed by atoms with E-state index >= 15 is 0 Å². The average Bonchev–Trinajstić information content (AvgIpc) is 3.09. The van der Waals surface area contributed by atoms with Crippen molar-refractivity contribution in [3.63, 3.8) is 0 Å². The van der Waals surface area contributed by atoms with Gasteiger partial charge in [0.15, 0.2) is 0 Å². The van der Waals surface area contributed by atoms with Crippen LogP contribution in [0.25, 0.3) is 0 Å². The summed E-state index contributed by atoms with van der Waals surface area (Å²) in [5.74, 6) is 0.437. The van der Waals surface area contributed by atoms with Crippen LogP contribution in [0.3, 0.4) is 0 Å². The van der Waals surface area contributed by atoms with Crippen molar-refractivity contribution in [1.82, 2.24) is 25.7 Å². The lowest BCUT2D eigenvalue weighted by Crippen LogP contribution is -2.45. The summed E-state index contributed by atoms with van der Waals surface area (Å²) in [7, 11) is 0. The van der Waals surface area contributed by atoms with E-state index in [1.807, 2.05) is 19.9 Å². The van der Waals surface area contributed by atoms with Crippen LogP contribution in [0, 0.1) is 19.8 Å². The third-order valence-electron chi connectivity index (χ3n) is 4.96. The molecule has 1 fully saturated rings. The number of benzene rings is 1. The molecule has 0 bridgehead atoms. The maximum Gasteiger partial charge on any atom is 0.315 e. The first-order chi connectivity index (χ1) is 12.0. The molecular weight excluding hydrogens is 314 g/mol. The number of hydrogen-bond acceptors (Lipinski definition) is 3. The molecular formula is C19H27N5O. The molecule has 3 N–H and O–H groups in total. The highest BCUT2D eigenvalue weighted by molar-refractivity contribution is 5.74. The molecule has 6 nitrogen and oxygen atoms in total. The predicted molar refractivity (Wildman–Crippen MR) is 98.1 cm³/mol. The second kappa shape index (κ2) is 7.70. The SMILES string of the molecule is Cc1n[nH]c(C)c1CNC(=O)N[C@H]1CN(Cc2ccccc2)C[C@@H]1C. The molecule has 3 rings (SSSR count). The first-order valence-corrected chi connectivity index (χ1v) is 8.84. The summed E-state index contributed by atoms with van der Waals surface area (Å²) in [4.78, 5) is 14.7. The van der Waals surface area contributed by atoms with E-state index in [4.69, 9.17) is 0 Å². The lowest BCUT2D eigenvalue weighted by molar-refractivity contribution is 0.234. The highest BCUT2D eigenvalue weighted by Crippen LogP contribution is 2.19. The van der Waals surface area contributed by atoms with Crippen LogP contribution in [0.5, 0.6) is 0 Å². The quantitative estimate of drug-likeness (QED) is 0.782. The fraction of sp³-hybridized carbons (Fsp3) is 0.474. The molecule has 0 radical (unpaired) electrons. The van der Waals surface area contributed by atoms with Gasteiger partial charge in [-0.15, -0.1) is 0 Å². The van der Waals surface area contributed by atoms with Crippen LogP contribution in [-0.4, -0.2) is 40.3 Å². The summed E-state index contributed by atoms with van der Waals surface area (Å²) >= 11 is 0. The zero-order chi connectivity index (χ0) is 17.8. The Balaban J connectivity index is 1.48. The zero-order valence-electron chi connectivity index (χ0n) is 15.2. The van der Waals surface area contributed by atoms with Gasteiger partial charge >= 0.3 is 6.03 Å². The van der Waals surface area contributed by atoms with Gasteiger partial charge in [0, 0.05) is 43.5 Å². The first kappa shape index (κ1) is 17.5. The zero-order valence-corrected chi connectivity index (χ0v) is 15.2. The summed E-state index contributed by atoms with van der Waals surface area (Å²) in [5.41, 5.74) is 4.30. The number of amides is 2. The second-order valence-electron chi connectivity index (χ2n) is 7.00. The molecule has 1 aliphatic heterocycles. The summed E-state index contributed by atoms with van der Waals surface area (Å²) in [6, 6.07) is 10.5. The van der Waals surface area contributed by atoms with E-state index in [1.165, 1.54) is 5.56 Å². The molecule has 0 saturated carbocycles. The highest BCUT2D eigenvalue weighted by Gasteiger charge is 2.30. The van der Waals surface area contributed by atoms with Crippen molar-refractivity contribution in [1.29, 1.82) is 0 Å². The standard InChI is InChI=1S/C19H27N5O/c1-13-10-24(11-16-7-5-4-6-8-16)12-18(13)21-19(25)20-9-17-14(2)22-23-15(17)3/h4-8,13,18H,9-12H2,1-3H3,(H,22,23)(H2,20,21,25)/t13-,18-/m0/s1. The van der Waals surface area contributed by atoms with Gasteiger partial charge in [0.25, 0.3) is 0 Å². The van der Waals surface area contributed by atoms with Gasteiger partial charge in [-0.2, -0.15) is 5.10 Å². The smallest absolute Gasteiger partial charge is 0.315 e. The number of aromatic amines is 1. The minimum absolute atomic E-state index is 0.113. The number of carbonyl (C=O) groups is 1. The third kappa shape index (κ3) is 4.39. The molecule has 1 aliphatic rings. The Morgan fingerprint density at radius 1 is 1.28 bits per heavy atom. The first-order valence-electron chi connectivity index (χ1n) is 8.84. The molecule has 2 atom stereocenters. The van der Waals surface area contributed by atoms with Crippen LogP contribution < -0.4 is 10.6 Å². The number of H-pyrrole nitrogens is 1. The van der Waals surface area contributed by atoms with Gasteiger partial charge in [-0.1, -0.05) is 37.3 Å². The Morgan fingerprint density at radius 2 is 2.04 bits per heavy atom. The van der Waals surface area contributed by atoms with Crippen LogP contribution >= 0.6 is 0 Å². The summed E-state index contributed by atoms with van der Waals surface area (Å²) in [6.07, 6.45) is 0. The Morgan fingerprint density at radius 3 is 2.72 bits per heavy atom. The molecule has 1 aromatic heterocycles. The Labute approximate surface area is 149 Å². The van der Waals surface area contributed by atoms with E-state index in [9.17, 15) is 4.79 Å². The van der Waals surface area contributed by atoms with Crippen molar-refractivity contribution < 1.29 is 4.79 Å². The van der Waals surface area contributed by atoms with E-state index in [1.54, 1.807) is 0 Å². The van der Waals surface area contributed by atoms with Crippen molar-refractivity contribution in [3.05, 3.63) is 52.8 Å². The van der Waals surface area contributed by atoms with Crippen LogP contribution in [0.1, 0.15) is 29.4 Å². The van der Waals surface area contributed by atoms with E-state index in [0.717, 1.165) is 36.6 Å².